The van der Waals surface area contributed by atoms with Crippen molar-refractivity contribution in [3.63, 3.8) is 0 Å². The second-order valence-corrected chi connectivity index (χ2v) is 6.40. The molecule has 0 radical (unpaired) electrons. The van der Waals surface area contributed by atoms with E-state index in [0.717, 1.165) is 5.56 Å². The highest BCUT2D eigenvalue weighted by atomic mass is 16.5. The molecule has 2 aromatic rings. The van der Waals surface area contributed by atoms with E-state index in [2.05, 4.69) is 29.6 Å². The van der Waals surface area contributed by atoms with Gasteiger partial charge in [-0.3, -0.25) is 4.79 Å². The van der Waals surface area contributed by atoms with Crippen molar-refractivity contribution >= 4 is 12.1 Å². The molecule has 0 heterocycles. The summed E-state index contributed by atoms with van der Waals surface area (Å²) in [6, 6.07) is 20.0. The van der Waals surface area contributed by atoms with Gasteiger partial charge in [0.05, 0.1) is 5.92 Å². The molecule has 130 valence electrons. The molecular formula is C21H24N2O2. The maximum Gasteiger partial charge on any atom is 0.246 e. The van der Waals surface area contributed by atoms with Gasteiger partial charge in [0, 0.05) is 18.7 Å². The Labute approximate surface area is 148 Å². The van der Waals surface area contributed by atoms with Crippen molar-refractivity contribution in [1.82, 2.24) is 5.43 Å². The van der Waals surface area contributed by atoms with Gasteiger partial charge in [0.15, 0.2) is 0 Å². The van der Waals surface area contributed by atoms with Crippen LogP contribution in [0.2, 0.25) is 0 Å². The molecule has 2 aromatic carbocycles. The van der Waals surface area contributed by atoms with Crippen molar-refractivity contribution in [1.29, 1.82) is 0 Å². The number of rotatable bonds is 7. The first-order chi connectivity index (χ1) is 12.2. The number of benzene rings is 2. The molecule has 0 aromatic heterocycles. The topological polar surface area (TPSA) is 50.7 Å². The lowest BCUT2D eigenvalue weighted by atomic mass is 10.0. The van der Waals surface area contributed by atoms with Crippen LogP contribution in [0, 0.1) is 5.92 Å². The van der Waals surface area contributed by atoms with Crippen LogP contribution in [0.15, 0.2) is 65.8 Å². The van der Waals surface area contributed by atoms with Crippen LogP contribution in [-0.4, -0.2) is 18.7 Å². The van der Waals surface area contributed by atoms with Crippen LogP contribution in [0.1, 0.15) is 37.3 Å². The molecule has 4 heteroatoms. The molecule has 3 rings (SSSR count). The third-order valence-corrected chi connectivity index (χ3v) is 4.69. The van der Waals surface area contributed by atoms with Gasteiger partial charge in [-0.25, -0.2) is 5.43 Å². The molecule has 0 aliphatic heterocycles. The Morgan fingerprint density at radius 3 is 2.52 bits per heavy atom. The Balaban J connectivity index is 1.61. The van der Waals surface area contributed by atoms with E-state index in [1.54, 1.807) is 6.21 Å². The fourth-order valence-electron chi connectivity index (χ4n) is 3.22. The summed E-state index contributed by atoms with van der Waals surface area (Å²) in [5.74, 6) is -0.140. The minimum Gasteiger partial charge on any atom is -0.370 e. The van der Waals surface area contributed by atoms with Gasteiger partial charge in [0.25, 0.3) is 0 Å². The largest absolute Gasteiger partial charge is 0.370 e. The molecule has 1 fully saturated rings. The minimum absolute atomic E-state index is 0.0891. The second kappa shape index (κ2) is 7.62. The number of nitrogens with one attached hydrogen (secondary N) is 1. The van der Waals surface area contributed by atoms with Crippen LogP contribution in [0.5, 0.6) is 0 Å². The van der Waals surface area contributed by atoms with E-state index in [4.69, 9.17) is 4.74 Å². The SMILES string of the molecule is CCO[C@]1(c2ccccc2)C[C@@H]1C(=O)N/N=C\[C@@H](C)c1ccccc1. The predicted octanol–water partition coefficient (Wildman–Crippen LogP) is 3.84. The lowest BCUT2D eigenvalue weighted by Crippen LogP contribution is -2.26. The maximum atomic E-state index is 12.5. The molecule has 1 aliphatic carbocycles. The highest BCUT2D eigenvalue weighted by Crippen LogP contribution is 2.55. The second-order valence-electron chi connectivity index (χ2n) is 6.40. The number of amides is 1. The number of ether oxygens (including phenoxy) is 1. The van der Waals surface area contributed by atoms with Gasteiger partial charge < -0.3 is 4.74 Å². The van der Waals surface area contributed by atoms with Crippen LogP contribution in [0.4, 0.5) is 0 Å². The first-order valence-corrected chi connectivity index (χ1v) is 8.75. The third kappa shape index (κ3) is 3.80. The van der Waals surface area contributed by atoms with Gasteiger partial charge >= 0.3 is 0 Å². The smallest absolute Gasteiger partial charge is 0.246 e. The fourth-order valence-corrected chi connectivity index (χ4v) is 3.22. The Kier molecular flexibility index (Phi) is 5.29. The summed E-state index contributed by atoms with van der Waals surface area (Å²) in [7, 11) is 0. The summed E-state index contributed by atoms with van der Waals surface area (Å²) in [5.41, 5.74) is 4.40. The van der Waals surface area contributed by atoms with E-state index in [0.29, 0.717) is 13.0 Å². The number of hydrogen-bond acceptors (Lipinski definition) is 3. The van der Waals surface area contributed by atoms with Crippen LogP contribution in [0.3, 0.4) is 0 Å². The zero-order chi connectivity index (χ0) is 17.7. The number of carbonyl (C=O) groups is 1. The van der Waals surface area contributed by atoms with Gasteiger partial charge in [-0.15, -0.1) is 0 Å². The van der Waals surface area contributed by atoms with Crippen molar-refractivity contribution < 1.29 is 9.53 Å². The van der Waals surface area contributed by atoms with Crippen molar-refractivity contribution in [2.24, 2.45) is 11.0 Å². The van der Waals surface area contributed by atoms with E-state index in [-0.39, 0.29) is 17.7 Å². The summed E-state index contributed by atoms with van der Waals surface area (Å²) in [6.07, 6.45) is 2.46. The monoisotopic (exact) mass is 336 g/mol. The average molecular weight is 336 g/mol. The van der Waals surface area contributed by atoms with Crippen molar-refractivity contribution in [3.05, 3.63) is 71.8 Å². The van der Waals surface area contributed by atoms with Crippen molar-refractivity contribution in [2.45, 2.75) is 31.8 Å². The molecule has 1 amide bonds. The quantitative estimate of drug-likeness (QED) is 0.617. The van der Waals surface area contributed by atoms with Crippen LogP contribution < -0.4 is 5.43 Å². The standard InChI is InChI=1S/C21H24N2O2/c1-3-25-21(18-12-8-5-9-13-18)14-19(21)20(24)23-22-15-16(2)17-10-6-4-7-11-17/h4-13,15-16,19H,3,14H2,1-2H3,(H,23,24)/b22-15-/t16-,19-,21+/m1/s1. The minimum atomic E-state index is -0.499. The highest BCUT2D eigenvalue weighted by Gasteiger charge is 2.60. The molecule has 0 spiro atoms. The number of nitrogens with zero attached hydrogens (tertiary/aromatic N) is 1. The van der Waals surface area contributed by atoms with Crippen LogP contribution in [0.25, 0.3) is 0 Å². The van der Waals surface area contributed by atoms with Crippen molar-refractivity contribution in [3.8, 4) is 0 Å². The van der Waals surface area contributed by atoms with Gasteiger partial charge in [-0.1, -0.05) is 67.6 Å². The van der Waals surface area contributed by atoms with Gasteiger partial charge in [-0.05, 0) is 24.5 Å². The normalized spacial score (nSPS) is 23.4. The van der Waals surface area contributed by atoms with Crippen LogP contribution >= 0.6 is 0 Å². The number of hydrogen-bond donors (Lipinski definition) is 1. The molecule has 1 N–H and O–H groups in total. The highest BCUT2D eigenvalue weighted by molar-refractivity contribution is 5.84. The number of carbonyl (C=O) groups excluding carboxylic acids is 1. The van der Waals surface area contributed by atoms with Gasteiger partial charge in [0.1, 0.15) is 5.60 Å². The van der Waals surface area contributed by atoms with E-state index in [1.165, 1.54) is 5.56 Å². The molecule has 4 nitrogen and oxygen atoms in total. The lowest BCUT2D eigenvalue weighted by molar-refractivity contribution is -0.124. The Hall–Kier alpha value is -2.46. The molecule has 25 heavy (non-hydrogen) atoms. The van der Waals surface area contributed by atoms with Crippen molar-refractivity contribution in [2.75, 3.05) is 6.61 Å². The van der Waals surface area contributed by atoms with E-state index in [1.807, 2.05) is 55.5 Å². The molecule has 1 aliphatic rings. The number of hydrazone groups is 1. The molecular weight excluding hydrogens is 312 g/mol. The summed E-state index contributed by atoms with van der Waals surface area (Å²) >= 11 is 0. The zero-order valence-corrected chi connectivity index (χ0v) is 14.7. The average Bonchev–Trinajstić information content (AvgIpc) is 3.39. The zero-order valence-electron chi connectivity index (χ0n) is 14.7. The first kappa shape index (κ1) is 17.4. The van der Waals surface area contributed by atoms with Gasteiger partial charge in [0.2, 0.25) is 5.91 Å². The third-order valence-electron chi connectivity index (χ3n) is 4.69. The Bertz CT molecular complexity index is 730. The summed E-state index contributed by atoms with van der Waals surface area (Å²) in [6.45, 7) is 4.58. The van der Waals surface area contributed by atoms with Crippen LogP contribution in [-0.2, 0) is 15.1 Å². The molecule has 0 unspecified atom stereocenters. The predicted molar refractivity (Wildman–Crippen MR) is 99.3 cm³/mol. The van der Waals surface area contributed by atoms with E-state index >= 15 is 0 Å². The fraction of sp³-hybridized carbons (Fsp3) is 0.333. The summed E-state index contributed by atoms with van der Waals surface area (Å²) < 4.78 is 5.94. The first-order valence-electron chi connectivity index (χ1n) is 8.75. The summed E-state index contributed by atoms with van der Waals surface area (Å²) in [5, 5.41) is 4.15. The maximum absolute atomic E-state index is 12.5. The van der Waals surface area contributed by atoms with E-state index in [9.17, 15) is 4.79 Å². The molecule has 0 saturated heterocycles. The Morgan fingerprint density at radius 2 is 1.88 bits per heavy atom. The lowest BCUT2D eigenvalue weighted by Gasteiger charge is -2.17. The summed E-state index contributed by atoms with van der Waals surface area (Å²) in [4.78, 5) is 12.5. The molecule has 1 saturated carbocycles. The Morgan fingerprint density at radius 1 is 1.24 bits per heavy atom. The molecule has 0 bridgehead atoms. The molecule has 3 atom stereocenters. The van der Waals surface area contributed by atoms with Gasteiger partial charge in [-0.2, -0.15) is 5.10 Å². The van der Waals surface area contributed by atoms with E-state index < -0.39 is 5.60 Å².